The monoisotopic (exact) mass is 1140 g/mol. The number of rotatable bonds is 32. The van der Waals surface area contributed by atoms with Crippen LogP contribution in [0, 0.1) is 0 Å². The topological polar surface area (TPSA) is 290 Å². The number of aliphatic hydroxyl groups excluding tert-OH is 6. The second-order valence-corrected chi connectivity index (χ2v) is 19.3. The van der Waals surface area contributed by atoms with E-state index in [4.69, 9.17) is 48.1 Å². The van der Waals surface area contributed by atoms with Gasteiger partial charge in [-0.1, -0.05) is 109 Å². The zero-order valence-corrected chi connectivity index (χ0v) is 47.4. The van der Waals surface area contributed by atoms with Crippen LogP contribution < -0.4 is 18.9 Å². The maximum Gasteiger partial charge on any atom is 0.333 e. The van der Waals surface area contributed by atoms with Gasteiger partial charge >= 0.3 is 29.8 Å². The third-order valence-electron chi connectivity index (χ3n) is 11.5. The highest BCUT2D eigenvalue weighted by atomic mass is 16.6. The summed E-state index contributed by atoms with van der Waals surface area (Å²) in [5.74, 6) is -0.568. The molecular weight excluding hydrogens is 1060 g/mol. The van der Waals surface area contributed by atoms with Crippen LogP contribution in [0.2, 0.25) is 0 Å². The Hall–Kier alpha value is -8.11. The molecule has 0 radical (unpaired) electrons. The predicted octanol–water partition coefficient (Wildman–Crippen LogP) is 5.75. The number of esters is 5. The molecule has 0 bridgehead atoms. The Morgan fingerprint density at radius 2 is 0.598 bits per heavy atom. The van der Waals surface area contributed by atoms with Gasteiger partial charge in [0.15, 0.2) is 0 Å². The van der Waals surface area contributed by atoms with Crippen molar-refractivity contribution in [3.8, 4) is 23.0 Å². The van der Waals surface area contributed by atoms with Crippen LogP contribution in [-0.2, 0) is 58.5 Å². The van der Waals surface area contributed by atoms with E-state index in [1.165, 1.54) is 13.8 Å². The molecule has 82 heavy (non-hydrogen) atoms. The lowest BCUT2D eigenvalue weighted by Gasteiger charge is -2.26. The number of carbonyl (C=O) groups excluding carboxylic acids is 5. The molecule has 0 saturated carbocycles. The fourth-order valence-corrected chi connectivity index (χ4v) is 6.52. The molecule has 5 atom stereocenters. The van der Waals surface area contributed by atoms with Crippen LogP contribution in [0.4, 0.5) is 0 Å². The normalized spacial score (nSPS) is 12.6. The molecule has 0 aromatic heterocycles. The third-order valence-corrected chi connectivity index (χ3v) is 11.5. The van der Waals surface area contributed by atoms with Crippen molar-refractivity contribution in [1.29, 1.82) is 0 Å². The summed E-state index contributed by atoms with van der Waals surface area (Å²) in [6.45, 7) is 26.8. The van der Waals surface area contributed by atoms with Crippen LogP contribution in [0.1, 0.15) is 63.8 Å². The van der Waals surface area contributed by atoms with E-state index in [2.05, 4.69) is 65.3 Å². The van der Waals surface area contributed by atoms with E-state index in [0.29, 0.717) is 23.0 Å². The molecule has 5 unspecified atom stereocenters. The summed E-state index contributed by atoms with van der Waals surface area (Å²) >= 11 is 0. The van der Waals surface area contributed by atoms with Gasteiger partial charge in [-0.25, -0.2) is 24.0 Å². The molecule has 4 aromatic rings. The van der Waals surface area contributed by atoms with Crippen LogP contribution in [0.15, 0.2) is 159 Å². The number of hydrogen-bond donors (Lipinski definition) is 6. The molecule has 0 amide bonds. The van der Waals surface area contributed by atoms with Crippen molar-refractivity contribution in [2.75, 3.05) is 66.1 Å². The molecule has 0 fully saturated rings. The Morgan fingerprint density at radius 3 is 0.793 bits per heavy atom. The Morgan fingerprint density at radius 1 is 0.390 bits per heavy atom. The molecule has 20 heteroatoms. The minimum Gasteiger partial charge on any atom is -0.491 e. The van der Waals surface area contributed by atoms with E-state index in [9.17, 15) is 44.4 Å². The van der Waals surface area contributed by atoms with Gasteiger partial charge in [0.25, 0.3) is 0 Å². The Kier molecular flexibility index (Phi) is 31.0. The van der Waals surface area contributed by atoms with Crippen molar-refractivity contribution >= 4 is 29.8 Å². The van der Waals surface area contributed by atoms with Crippen molar-refractivity contribution in [3.05, 3.63) is 182 Å². The molecule has 446 valence electrons. The molecule has 0 aliphatic rings. The number of carbonyl (C=O) groups is 5. The quantitative estimate of drug-likeness (QED) is 0.0193. The average molecular weight is 1140 g/mol. The van der Waals surface area contributed by atoms with E-state index < -0.39 is 67.0 Å². The van der Waals surface area contributed by atoms with Gasteiger partial charge in [0.2, 0.25) is 0 Å². The van der Waals surface area contributed by atoms with Gasteiger partial charge in [-0.2, -0.15) is 0 Å². The molecule has 0 heterocycles. The van der Waals surface area contributed by atoms with Crippen molar-refractivity contribution < 1.29 is 97.2 Å². The second kappa shape index (κ2) is 36.3. The Bertz CT molecular complexity index is 2490. The van der Waals surface area contributed by atoms with Gasteiger partial charge in [-0.15, -0.1) is 0 Å². The highest BCUT2D eigenvalue weighted by molar-refractivity contribution is 5.87. The van der Waals surface area contributed by atoms with Crippen LogP contribution in [-0.4, -0.2) is 157 Å². The average Bonchev–Trinajstić information content (AvgIpc) is 3.68. The fourth-order valence-electron chi connectivity index (χ4n) is 6.52. The summed E-state index contributed by atoms with van der Waals surface area (Å²) in [6, 6.07) is 30.2. The highest BCUT2D eigenvalue weighted by Gasteiger charge is 2.25. The second-order valence-electron chi connectivity index (χ2n) is 19.3. The number of hydrogen-bond acceptors (Lipinski definition) is 20. The summed E-state index contributed by atoms with van der Waals surface area (Å²) in [5.41, 5.74) is 4.13. The first-order chi connectivity index (χ1) is 38.7. The van der Waals surface area contributed by atoms with Crippen LogP contribution in [0.5, 0.6) is 23.0 Å². The fraction of sp³-hybridized carbons (Fsp3) is 0.371. The van der Waals surface area contributed by atoms with Gasteiger partial charge in [-0.3, -0.25) is 0 Å². The van der Waals surface area contributed by atoms with Crippen LogP contribution in [0.3, 0.4) is 0 Å². The molecule has 4 rings (SSSR count). The molecule has 0 spiro atoms. The van der Waals surface area contributed by atoms with E-state index in [0.717, 1.165) is 40.5 Å². The van der Waals surface area contributed by atoms with Crippen molar-refractivity contribution in [2.24, 2.45) is 0 Å². The van der Waals surface area contributed by atoms with Gasteiger partial charge in [-0.05, 0) is 84.6 Å². The Balaban J connectivity index is 0.000000480. The van der Waals surface area contributed by atoms with Gasteiger partial charge in [0, 0.05) is 40.2 Å². The zero-order chi connectivity index (χ0) is 61.4. The van der Waals surface area contributed by atoms with Gasteiger partial charge < -0.3 is 73.3 Å². The molecule has 6 N–H and O–H groups in total. The van der Waals surface area contributed by atoms with Crippen molar-refractivity contribution in [3.63, 3.8) is 0 Å². The summed E-state index contributed by atoms with van der Waals surface area (Å²) in [5, 5.41) is 56.5. The molecule has 0 aliphatic heterocycles. The molecule has 20 nitrogen and oxygen atoms in total. The van der Waals surface area contributed by atoms with E-state index in [1.807, 2.05) is 97.1 Å². The SMILES string of the molecule is C=C(C)C(=O)OCC(O)COc1ccc(C(C)(C)c2ccc(OCC(O)COC(=O)C(=C)C)cc2)cc1.C=CC(=O)OCC(O)CO.C=CC(=O)OCC(O)COc1ccc(C(C)(C)c2ccc(OCC(O)COC(=O)C=C)cc2)cc1. The van der Waals surface area contributed by atoms with Crippen LogP contribution in [0.25, 0.3) is 0 Å². The van der Waals surface area contributed by atoms with Gasteiger partial charge in [0.1, 0.15) is 113 Å². The Labute approximate surface area is 479 Å². The third kappa shape index (κ3) is 26.4. The first kappa shape index (κ1) is 70.0. The summed E-state index contributed by atoms with van der Waals surface area (Å²) in [7, 11) is 0. The first-order valence-corrected chi connectivity index (χ1v) is 25.7. The predicted molar refractivity (Wildman–Crippen MR) is 304 cm³/mol. The first-order valence-electron chi connectivity index (χ1n) is 25.7. The number of benzene rings is 4. The van der Waals surface area contributed by atoms with Crippen molar-refractivity contribution in [1.82, 2.24) is 0 Å². The van der Waals surface area contributed by atoms with E-state index >= 15 is 0 Å². The molecule has 0 aliphatic carbocycles. The lowest BCUT2D eigenvalue weighted by Crippen LogP contribution is -2.25. The maximum absolute atomic E-state index is 11.4. The molecular formula is C62H78O20. The summed E-state index contributed by atoms with van der Waals surface area (Å²) < 4.78 is 46.1. The zero-order valence-electron chi connectivity index (χ0n) is 47.4. The lowest BCUT2D eigenvalue weighted by molar-refractivity contribution is -0.143. The molecule has 0 saturated heterocycles. The lowest BCUT2D eigenvalue weighted by atomic mass is 9.78. The number of ether oxygens (including phenoxy) is 9. The van der Waals surface area contributed by atoms with E-state index in [-0.39, 0.29) is 81.4 Å². The highest BCUT2D eigenvalue weighted by Crippen LogP contribution is 2.35. The van der Waals surface area contributed by atoms with E-state index in [1.54, 1.807) is 0 Å². The van der Waals surface area contributed by atoms with Crippen molar-refractivity contribution in [2.45, 2.75) is 82.9 Å². The standard InChI is InChI=1S/C29H36O8.C27H32O8.C6H10O4/c1-19(2)27(32)36-17-23(30)15-34-25-11-7-21(8-12-25)29(5,6)22-9-13-26(14-10-22)35-16-24(31)18-37-28(33)20(3)4;1-5-25(30)34-17-21(28)15-32-23-11-7-19(8-12-23)27(3,4)20-9-13-24(14-10-20)33-16-22(29)18-35-26(31)6-2;1-2-6(9)10-4-5(8)3-7/h7-14,23-24,30-31H,1,3,15-18H2,2,4-6H3;5-14,21-22,28-29H,1-2,15-18H2,3-4H3;2,5,7-8H,1,3-4H2. The summed E-state index contributed by atoms with van der Waals surface area (Å²) in [6.07, 6.45) is -1.73. The summed E-state index contributed by atoms with van der Waals surface area (Å²) in [4.78, 5) is 55.2. The number of aliphatic hydroxyl groups is 6. The minimum absolute atomic E-state index is 0.0139. The minimum atomic E-state index is -0.996. The smallest absolute Gasteiger partial charge is 0.333 e. The maximum atomic E-state index is 11.4. The van der Waals surface area contributed by atoms with Crippen LogP contribution >= 0.6 is 0 Å². The van der Waals surface area contributed by atoms with Gasteiger partial charge in [0.05, 0.1) is 6.61 Å². The largest absolute Gasteiger partial charge is 0.491 e. The molecule has 4 aromatic carbocycles.